The molecule has 0 saturated heterocycles. The van der Waals surface area contributed by atoms with E-state index in [1.807, 2.05) is 20.8 Å². The molecule has 0 spiro atoms. The monoisotopic (exact) mass is 251 g/mol. The lowest BCUT2D eigenvalue weighted by Crippen LogP contribution is -2.40. The molecule has 0 aliphatic rings. The first-order valence-electron chi connectivity index (χ1n) is 6.22. The first-order valence-corrected chi connectivity index (χ1v) is 6.22. The van der Waals surface area contributed by atoms with Crippen molar-refractivity contribution < 1.29 is 4.79 Å². The summed E-state index contributed by atoms with van der Waals surface area (Å²) in [4.78, 5) is 23.3. The van der Waals surface area contributed by atoms with E-state index in [-0.39, 0.29) is 17.4 Å². The molecule has 1 heterocycles. The fraction of sp³-hybridized carbons (Fsp3) is 0.538. The molecule has 1 aromatic heterocycles. The van der Waals surface area contributed by atoms with Crippen molar-refractivity contribution in [3.63, 3.8) is 0 Å². The van der Waals surface area contributed by atoms with Crippen LogP contribution in [0, 0.1) is 5.92 Å². The maximum absolute atomic E-state index is 11.8. The average Bonchev–Trinajstić information content (AvgIpc) is 2.32. The van der Waals surface area contributed by atoms with E-state index in [0.29, 0.717) is 12.2 Å². The van der Waals surface area contributed by atoms with Crippen molar-refractivity contribution in [2.75, 3.05) is 5.32 Å². The van der Waals surface area contributed by atoms with Crippen LogP contribution in [0.1, 0.15) is 27.2 Å². The Balaban J connectivity index is 2.82. The van der Waals surface area contributed by atoms with Crippen LogP contribution in [0.25, 0.3) is 0 Å². The van der Waals surface area contributed by atoms with E-state index in [2.05, 4.69) is 5.32 Å². The van der Waals surface area contributed by atoms with Crippen LogP contribution in [0.3, 0.4) is 0 Å². The number of amides is 1. The minimum atomic E-state index is -0.545. The Bertz CT molecular complexity index is 466. The maximum Gasteiger partial charge on any atom is 0.250 e. The first kappa shape index (κ1) is 14.4. The molecule has 0 bridgehead atoms. The van der Waals surface area contributed by atoms with Gasteiger partial charge in [0, 0.05) is 18.8 Å². The molecule has 18 heavy (non-hydrogen) atoms. The number of aryl methyl sites for hydroxylation is 1. The summed E-state index contributed by atoms with van der Waals surface area (Å²) in [6.45, 7) is 6.41. The first-order chi connectivity index (χ1) is 8.45. The summed E-state index contributed by atoms with van der Waals surface area (Å²) in [7, 11) is 0. The Labute approximate surface area is 107 Å². The standard InChI is InChI=1S/C13H21N3O2/c1-4-7-16-8-10(5-6-11(16)17)15-13(18)12(14)9(2)3/h5-6,8-9,12H,4,7,14H2,1-3H3,(H,15,18)/t12-/m1/s1. The number of aromatic nitrogens is 1. The average molecular weight is 251 g/mol. The Morgan fingerprint density at radius 2 is 2.11 bits per heavy atom. The number of pyridine rings is 1. The van der Waals surface area contributed by atoms with Gasteiger partial charge in [-0.3, -0.25) is 9.59 Å². The molecule has 5 heteroatoms. The summed E-state index contributed by atoms with van der Waals surface area (Å²) in [5.41, 5.74) is 6.29. The van der Waals surface area contributed by atoms with Crippen molar-refractivity contribution in [1.82, 2.24) is 4.57 Å². The van der Waals surface area contributed by atoms with Crippen molar-refractivity contribution in [3.05, 3.63) is 28.7 Å². The minimum Gasteiger partial charge on any atom is -0.323 e. The fourth-order valence-electron chi connectivity index (χ4n) is 1.55. The lowest BCUT2D eigenvalue weighted by molar-refractivity contribution is -0.118. The maximum atomic E-state index is 11.8. The summed E-state index contributed by atoms with van der Waals surface area (Å²) >= 11 is 0. The third-order valence-electron chi connectivity index (χ3n) is 2.74. The zero-order valence-corrected chi connectivity index (χ0v) is 11.1. The van der Waals surface area contributed by atoms with Crippen LogP contribution in [-0.4, -0.2) is 16.5 Å². The van der Waals surface area contributed by atoms with Crippen LogP contribution in [-0.2, 0) is 11.3 Å². The van der Waals surface area contributed by atoms with Crippen molar-refractivity contribution in [2.24, 2.45) is 11.7 Å². The van der Waals surface area contributed by atoms with Crippen LogP contribution in [0.4, 0.5) is 5.69 Å². The Morgan fingerprint density at radius 3 is 2.67 bits per heavy atom. The molecule has 1 atom stereocenters. The van der Waals surface area contributed by atoms with Gasteiger partial charge in [0.15, 0.2) is 0 Å². The Hall–Kier alpha value is -1.62. The summed E-state index contributed by atoms with van der Waals surface area (Å²) in [5.74, 6) is -0.154. The van der Waals surface area contributed by atoms with Crippen molar-refractivity contribution in [2.45, 2.75) is 39.8 Å². The molecular weight excluding hydrogens is 230 g/mol. The number of anilines is 1. The molecule has 3 N–H and O–H groups in total. The number of rotatable bonds is 5. The van der Waals surface area contributed by atoms with Gasteiger partial charge in [-0.1, -0.05) is 20.8 Å². The zero-order valence-electron chi connectivity index (χ0n) is 11.1. The molecule has 0 aliphatic heterocycles. The predicted molar refractivity (Wildman–Crippen MR) is 72.4 cm³/mol. The number of nitrogens with two attached hydrogens (primary N) is 1. The third kappa shape index (κ3) is 3.70. The van der Waals surface area contributed by atoms with E-state index >= 15 is 0 Å². The van der Waals surface area contributed by atoms with Crippen LogP contribution in [0.2, 0.25) is 0 Å². The van der Waals surface area contributed by atoms with Gasteiger partial charge in [-0.05, 0) is 18.4 Å². The Kier molecular flexibility index (Phi) is 5.09. The second-order valence-electron chi connectivity index (χ2n) is 4.71. The van der Waals surface area contributed by atoms with E-state index < -0.39 is 6.04 Å². The largest absolute Gasteiger partial charge is 0.323 e. The molecule has 100 valence electrons. The van der Waals surface area contributed by atoms with E-state index in [4.69, 9.17) is 5.73 Å². The molecule has 1 aromatic rings. The summed E-state index contributed by atoms with van der Waals surface area (Å²) in [6, 6.07) is 2.50. The van der Waals surface area contributed by atoms with Crippen molar-refractivity contribution in [1.29, 1.82) is 0 Å². The molecule has 0 radical (unpaired) electrons. The van der Waals surface area contributed by atoms with Gasteiger partial charge in [0.1, 0.15) is 0 Å². The van der Waals surface area contributed by atoms with Gasteiger partial charge in [-0.2, -0.15) is 0 Å². The summed E-state index contributed by atoms with van der Waals surface area (Å²) in [6.07, 6.45) is 2.51. The van der Waals surface area contributed by atoms with E-state index in [9.17, 15) is 9.59 Å². The number of carbonyl (C=O) groups excluding carboxylic acids is 1. The van der Waals surface area contributed by atoms with Crippen LogP contribution < -0.4 is 16.6 Å². The highest BCUT2D eigenvalue weighted by Crippen LogP contribution is 2.07. The number of nitrogens with one attached hydrogen (secondary N) is 1. The lowest BCUT2D eigenvalue weighted by atomic mass is 10.1. The van der Waals surface area contributed by atoms with Gasteiger partial charge in [-0.15, -0.1) is 0 Å². The zero-order chi connectivity index (χ0) is 13.7. The van der Waals surface area contributed by atoms with Gasteiger partial charge in [0.05, 0.1) is 11.7 Å². The third-order valence-corrected chi connectivity index (χ3v) is 2.74. The minimum absolute atomic E-state index is 0.0667. The van der Waals surface area contributed by atoms with Crippen LogP contribution in [0.5, 0.6) is 0 Å². The molecule has 0 aromatic carbocycles. The quantitative estimate of drug-likeness (QED) is 0.825. The number of hydrogen-bond donors (Lipinski definition) is 2. The molecule has 0 saturated carbocycles. The molecular formula is C13H21N3O2. The summed E-state index contributed by atoms with van der Waals surface area (Å²) < 4.78 is 1.58. The smallest absolute Gasteiger partial charge is 0.250 e. The number of hydrogen-bond acceptors (Lipinski definition) is 3. The fourth-order valence-corrected chi connectivity index (χ4v) is 1.55. The second-order valence-corrected chi connectivity index (χ2v) is 4.71. The van der Waals surface area contributed by atoms with E-state index in [0.717, 1.165) is 6.42 Å². The predicted octanol–water partition coefficient (Wildman–Crippen LogP) is 1.18. The van der Waals surface area contributed by atoms with Gasteiger partial charge < -0.3 is 15.6 Å². The van der Waals surface area contributed by atoms with Crippen molar-refractivity contribution >= 4 is 11.6 Å². The number of carbonyl (C=O) groups is 1. The molecule has 1 rings (SSSR count). The van der Waals surface area contributed by atoms with Crippen LogP contribution in [0.15, 0.2) is 23.1 Å². The van der Waals surface area contributed by atoms with E-state index in [1.54, 1.807) is 16.8 Å². The normalized spacial score (nSPS) is 12.5. The summed E-state index contributed by atoms with van der Waals surface area (Å²) in [5, 5.41) is 2.73. The lowest BCUT2D eigenvalue weighted by Gasteiger charge is -2.15. The Morgan fingerprint density at radius 1 is 1.44 bits per heavy atom. The van der Waals surface area contributed by atoms with Gasteiger partial charge >= 0.3 is 0 Å². The SMILES string of the molecule is CCCn1cc(NC(=O)[C@H](N)C(C)C)ccc1=O. The van der Waals surface area contributed by atoms with Gasteiger partial charge in [0.2, 0.25) is 5.91 Å². The molecule has 0 unspecified atom stereocenters. The highest BCUT2D eigenvalue weighted by atomic mass is 16.2. The van der Waals surface area contributed by atoms with Gasteiger partial charge in [0.25, 0.3) is 5.56 Å². The van der Waals surface area contributed by atoms with Gasteiger partial charge in [-0.25, -0.2) is 0 Å². The topological polar surface area (TPSA) is 77.1 Å². The highest BCUT2D eigenvalue weighted by Gasteiger charge is 2.17. The molecule has 5 nitrogen and oxygen atoms in total. The highest BCUT2D eigenvalue weighted by molar-refractivity contribution is 5.94. The van der Waals surface area contributed by atoms with E-state index in [1.165, 1.54) is 6.07 Å². The van der Waals surface area contributed by atoms with Crippen LogP contribution >= 0.6 is 0 Å². The molecule has 0 aliphatic carbocycles. The number of nitrogens with zero attached hydrogens (tertiary/aromatic N) is 1. The molecule has 1 amide bonds. The second kappa shape index (κ2) is 6.35. The van der Waals surface area contributed by atoms with Crippen molar-refractivity contribution in [3.8, 4) is 0 Å². The molecule has 0 fully saturated rings.